The molecule has 4 atom stereocenters. The summed E-state index contributed by atoms with van der Waals surface area (Å²) >= 11 is 0. The first-order valence-corrected chi connectivity index (χ1v) is 15.2. The Kier molecular flexibility index (Phi) is 11.3. The van der Waals surface area contributed by atoms with Crippen LogP contribution in [0.3, 0.4) is 0 Å². The normalized spacial score (nSPS) is 22.9. The summed E-state index contributed by atoms with van der Waals surface area (Å²) in [4.78, 5) is 55.3. The minimum absolute atomic E-state index is 0.126. The Morgan fingerprint density at radius 3 is 2.19 bits per heavy atom. The Labute approximate surface area is 248 Å². The maximum atomic E-state index is 13.8. The van der Waals surface area contributed by atoms with Crippen LogP contribution in [0.25, 0.3) is 0 Å². The third-order valence-corrected chi connectivity index (χ3v) is 8.54. The van der Waals surface area contributed by atoms with E-state index < -0.39 is 35.5 Å². The van der Waals surface area contributed by atoms with Crippen LogP contribution in [0.15, 0.2) is 24.3 Å². The van der Waals surface area contributed by atoms with Gasteiger partial charge in [0.15, 0.2) is 5.78 Å². The first-order chi connectivity index (χ1) is 20.2. The minimum Gasteiger partial charge on any atom is -0.497 e. The number of nitrogens with zero attached hydrogens (tertiary/aromatic N) is 1. The molecule has 42 heavy (non-hydrogen) atoms. The predicted octanol–water partition coefficient (Wildman–Crippen LogP) is 1.37. The Morgan fingerprint density at radius 1 is 0.976 bits per heavy atom. The summed E-state index contributed by atoms with van der Waals surface area (Å²) in [5.74, 6) is -0.221. The number of epoxide rings is 1. The van der Waals surface area contributed by atoms with Gasteiger partial charge in [-0.25, -0.2) is 0 Å². The van der Waals surface area contributed by atoms with E-state index in [1.54, 1.807) is 26.2 Å². The fourth-order valence-corrected chi connectivity index (χ4v) is 5.74. The van der Waals surface area contributed by atoms with E-state index >= 15 is 0 Å². The third-order valence-electron chi connectivity index (χ3n) is 8.54. The molecule has 4 unspecified atom stereocenters. The fourth-order valence-electron chi connectivity index (χ4n) is 5.74. The minimum atomic E-state index is -0.956. The van der Waals surface area contributed by atoms with E-state index in [2.05, 4.69) is 16.0 Å². The number of amides is 3. The molecule has 1 saturated carbocycles. The molecule has 2 heterocycles. The average Bonchev–Trinajstić information content (AvgIpc) is 3.53. The van der Waals surface area contributed by atoms with Gasteiger partial charge in [-0.05, 0) is 43.4 Å². The largest absolute Gasteiger partial charge is 0.497 e. The van der Waals surface area contributed by atoms with Crippen molar-refractivity contribution in [3.05, 3.63) is 29.8 Å². The van der Waals surface area contributed by atoms with Crippen molar-refractivity contribution in [2.75, 3.05) is 46.6 Å². The highest BCUT2D eigenvalue weighted by Crippen LogP contribution is 2.33. The molecule has 1 aliphatic carbocycles. The quantitative estimate of drug-likeness (QED) is 0.262. The summed E-state index contributed by atoms with van der Waals surface area (Å²) < 4.78 is 16.0. The van der Waals surface area contributed by atoms with E-state index in [-0.39, 0.29) is 24.7 Å². The molecule has 11 nitrogen and oxygen atoms in total. The number of ketones is 1. The van der Waals surface area contributed by atoms with Gasteiger partial charge >= 0.3 is 0 Å². The molecule has 3 N–H and O–H groups in total. The second-order valence-electron chi connectivity index (χ2n) is 11.9. The number of rotatable bonds is 15. The van der Waals surface area contributed by atoms with Crippen molar-refractivity contribution in [3.63, 3.8) is 0 Å². The van der Waals surface area contributed by atoms with Gasteiger partial charge in [0.2, 0.25) is 17.7 Å². The van der Waals surface area contributed by atoms with Crippen LogP contribution >= 0.6 is 0 Å². The van der Waals surface area contributed by atoms with Gasteiger partial charge in [0.1, 0.15) is 23.4 Å². The van der Waals surface area contributed by atoms with Crippen molar-refractivity contribution >= 4 is 23.5 Å². The van der Waals surface area contributed by atoms with Gasteiger partial charge in [-0.15, -0.1) is 0 Å². The molecular formula is C31H46N4O7. The summed E-state index contributed by atoms with van der Waals surface area (Å²) in [6.07, 6.45) is 5.44. The SMILES string of the molecule is CCC(NC(=O)CN1CCOCC1)C(=O)NC(Cc1ccc(OC)cc1)C(=O)NC(CC1CCCC1)C(=O)C1(C)CO1. The van der Waals surface area contributed by atoms with Crippen molar-refractivity contribution in [1.82, 2.24) is 20.9 Å². The molecule has 3 fully saturated rings. The van der Waals surface area contributed by atoms with E-state index in [1.807, 2.05) is 24.0 Å². The zero-order chi connectivity index (χ0) is 30.1. The molecule has 0 aromatic heterocycles. The molecule has 4 rings (SSSR count). The predicted molar refractivity (Wildman–Crippen MR) is 156 cm³/mol. The van der Waals surface area contributed by atoms with Crippen LogP contribution < -0.4 is 20.7 Å². The number of morpholine rings is 1. The number of Topliss-reactive ketones (excluding diaryl/α,β-unsaturated/α-hetero) is 1. The number of ether oxygens (including phenoxy) is 3. The summed E-state index contributed by atoms with van der Waals surface area (Å²) in [6.45, 7) is 6.55. The van der Waals surface area contributed by atoms with Crippen LogP contribution in [0, 0.1) is 5.92 Å². The van der Waals surface area contributed by atoms with Crippen molar-refractivity contribution in [3.8, 4) is 5.75 Å². The molecule has 2 saturated heterocycles. The van der Waals surface area contributed by atoms with Gasteiger partial charge in [0.25, 0.3) is 0 Å². The average molecular weight is 587 g/mol. The summed E-state index contributed by atoms with van der Waals surface area (Å²) in [6, 6.07) is 4.82. The molecule has 0 spiro atoms. The van der Waals surface area contributed by atoms with Gasteiger partial charge in [-0.2, -0.15) is 0 Å². The Bertz CT molecular complexity index is 1080. The standard InChI is InChI=1S/C31H46N4O7/c1-4-24(32-27(36)19-35-13-15-41-16-14-35)29(38)34-26(18-22-9-11-23(40-3)12-10-22)30(39)33-25(17-21-7-5-6-8-21)28(37)31(2)20-42-31/h9-12,21,24-26H,4-8,13-20H2,1-3H3,(H,32,36)(H,33,39)(H,34,38). The highest BCUT2D eigenvalue weighted by Gasteiger charge is 2.50. The first-order valence-electron chi connectivity index (χ1n) is 15.2. The zero-order valence-corrected chi connectivity index (χ0v) is 25.1. The van der Waals surface area contributed by atoms with Crippen molar-refractivity contribution in [2.24, 2.45) is 5.92 Å². The van der Waals surface area contributed by atoms with Crippen molar-refractivity contribution in [1.29, 1.82) is 0 Å². The molecule has 3 aliphatic rings. The first kappa shape index (κ1) is 31.9. The summed E-state index contributed by atoms with van der Waals surface area (Å²) in [7, 11) is 1.58. The molecule has 1 aromatic rings. The van der Waals surface area contributed by atoms with E-state index in [0.717, 1.165) is 31.2 Å². The molecule has 11 heteroatoms. The second kappa shape index (κ2) is 14.9. The maximum absolute atomic E-state index is 13.8. The van der Waals surface area contributed by atoms with E-state index in [0.29, 0.717) is 57.4 Å². The van der Waals surface area contributed by atoms with Gasteiger partial charge in [0, 0.05) is 19.5 Å². The molecular weight excluding hydrogens is 540 g/mol. The Balaban J connectivity index is 1.46. The van der Waals surface area contributed by atoms with Crippen molar-refractivity contribution in [2.45, 2.75) is 82.5 Å². The maximum Gasteiger partial charge on any atom is 0.243 e. The molecule has 1 aromatic carbocycles. The number of hydrogen-bond donors (Lipinski definition) is 3. The lowest BCUT2D eigenvalue weighted by atomic mass is 9.90. The highest BCUT2D eigenvalue weighted by atomic mass is 16.6. The number of hydrogen-bond acceptors (Lipinski definition) is 8. The molecule has 0 radical (unpaired) electrons. The highest BCUT2D eigenvalue weighted by molar-refractivity contribution is 5.98. The number of methoxy groups -OCH3 is 1. The summed E-state index contributed by atoms with van der Waals surface area (Å²) in [5, 5.41) is 8.67. The molecule has 0 bridgehead atoms. The monoisotopic (exact) mass is 586 g/mol. The number of nitrogens with one attached hydrogen (secondary N) is 3. The smallest absolute Gasteiger partial charge is 0.243 e. The lowest BCUT2D eigenvalue weighted by molar-refractivity contribution is -0.134. The van der Waals surface area contributed by atoms with Crippen LogP contribution in [0.5, 0.6) is 5.75 Å². The topological polar surface area (TPSA) is 139 Å². The van der Waals surface area contributed by atoms with Crippen LogP contribution in [-0.2, 0) is 35.1 Å². The lowest BCUT2D eigenvalue weighted by Gasteiger charge is -2.28. The van der Waals surface area contributed by atoms with Crippen LogP contribution in [-0.4, -0.2) is 98.7 Å². The van der Waals surface area contributed by atoms with Gasteiger partial charge in [-0.3, -0.25) is 24.1 Å². The van der Waals surface area contributed by atoms with E-state index in [4.69, 9.17) is 14.2 Å². The van der Waals surface area contributed by atoms with Gasteiger partial charge < -0.3 is 30.2 Å². The third kappa shape index (κ3) is 8.99. The van der Waals surface area contributed by atoms with Crippen LogP contribution in [0.2, 0.25) is 0 Å². The molecule has 2 aliphatic heterocycles. The van der Waals surface area contributed by atoms with Gasteiger partial charge in [0.05, 0.1) is 39.5 Å². The lowest BCUT2D eigenvalue weighted by Crippen LogP contribution is -2.58. The Hall–Kier alpha value is -3.02. The van der Waals surface area contributed by atoms with Crippen molar-refractivity contribution < 1.29 is 33.4 Å². The number of carbonyl (C=O) groups excluding carboxylic acids is 4. The molecule has 3 amide bonds. The second-order valence-corrected chi connectivity index (χ2v) is 11.9. The van der Waals surface area contributed by atoms with Crippen LogP contribution in [0.1, 0.15) is 57.9 Å². The van der Waals surface area contributed by atoms with Gasteiger partial charge in [-0.1, -0.05) is 44.7 Å². The van der Waals surface area contributed by atoms with E-state index in [1.165, 1.54) is 0 Å². The molecule has 232 valence electrons. The summed E-state index contributed by atoms with van der Waals surface area (Å²) in [5.41, 5.74) is -0.0552. The fraction of sp³-hybridized carbons (Fsp3) is 0.677. The Morgan fingerprint density at radius 2 is 1.60 bits per heavy atom. The van der Waals surface area contributed by atoms with Crippen LogP contribution in [0.4, 0.5) is 0 Å². The number of benzene rings is 1. The number of carbonyl (C=O) groups is 4. The van der Waals surface area contributed by atoms with E-state index in [9.17, 15) is 19.2 Å². The zero-order valence-electron chi connectivity index (χ0n) is 25.1.